The van der Waals surface area contributed by atoms with Crippen molar-refractivity contribution >= 4 is 5.91 Å². The molecule has 1 aliphatic rings. The lowest BCUT2D eigenvalue weighted by Gasteiger charge is -2.23. The molecule has 1 aliphatic heterocycles. The lowest BCUT2D eigenvalue weighted by atomic mass is 10.1. The van der Waals surface area contributed by atoms with Crippen molar-refractivity contribution in [3.05, 3.63) is 46.8 Å². The molecule has 1 amide bonds. The molecule has 3 rings (SSSR count). The van der Waals surface area contributed by atoms with Gasteiger partial charge in [0, 0.05) is 6.54 Å². The highest BCUT2D eigenvalue weighted by Crippen LogP contribution is 2.20. The van der Waals surface area contributed by atoms with Crippen LogP contribution in [0.25, 0.3) is 0 Å². The number of aliphatic hydroxyl groups excluding tert-OH is 1. The van der Waals surface area contributed by atoms with Crippen molar-refractivity contribution in [1.29, 1.82) is 0 Å². The molecule has 0 aliphatic carbocycles. The van der Waals surface area contributed by atoms with Crippen LogP contribution in [-0.2, 0) is 0 Å². The van der Waals surface area contributed by atoms with Gasteiger partial charge in [-0.1, -0.05) is 35.0 Å². The number of piperidine rings is 1. The molecule has 1 aromatic carbocycles. The first kappa shape index (κ1) is 17.6. The van der Waals surface area contributed by atoms with Gasteiger partial charge in [0.1, 0.15) is 0 Å². The van der Waals surface area contributed by atoms with Crippen LogP contribution in [0.5, 0.6) is 0 Å². The molecule has 0 spiro atoms. The van der Waals surface area contributed by atoms with Crippen molar-refractivity contribution in [2.75, 3.05) is 19.6 Å². The highest BCUT2D eigenvalue weighted by atomic mass is 16.3. The molecule has 0 saturated carbocycles. The third kappa shape index (κ3) is 4.05. The summed E-state index contributed by atoms with van der Waals surface area (Å²) in [5.41, 5.74) is 3.01. The predicted molar refractivity (Wildman–Crippen MR) is 94.4 cm³/mol. The summed E-state index contributed by atoms with van der Waals surface area (Å²) in [6, 6.07) is 7.90. The fourth-order valence-electron chi connectivity index (χ4n) is 3.13. The van der Waals surface area contributed by atoms with Gasteiger partial charge in [0.15, 0.2) is 5.69 Å². The topological polar surface area (TPSA) is 92.1 Å². The van der Waals surface area contributed by atoms with Crippen LogP contribution < -0.4 is 10.6 Å². The van der Waals surface area contributed by atoms with Crippen LogP contribution in [0.3, 0.4) is 0 Å². The van der Waals surface area contributed by atoms with Crippen LogP contribution in [0, 0.1) is 13.8 Å². The lowest BCUT2D eigenvalue weighted by Crippen LogP contribution is -2.31. The zero-order valence-electron chi connectivity index (χ0n) is 14.7. The lowest BCUT2D eigenvalue weighted by molar-refractivity contribution is 0.0910. The molecule has 1 fully saturated rings. The maximum atomic E-state index is 12.4. The standard InChI is InChI=1S/C18H25N5O2/c1-12-3-5-14(6-4-12)16(24)11-20-18(25)17-13(2)23(22-21-17)15-7-9-19-10-8-15/h3-6,15-16,19,24H,7-11H2,1-2H3,(H,20,25)/t16-/m1/s1. The number of benzene rings is 1. The number of carbonyl (C=O) groups is 1. The van der Waals surface area contributed by atoms with Gasteiger partial charge in [-0.05, 0) is 45.3 Å². The fourth-order valence-corrected chi connectivity index (χ4v) is 3.13. The van der Waals surface area contributed by atoms with Crippen molar-refractivity contribution < 1.29 is 9.90 Å². The summed E-state index contributed by atoms with van der Waals surface area (Å²) in [5, 5.41) is 24.5. The Balaban J connectivity index is 1.61. The molecule has 0 bridgehead atoms. The highest BCUT2D eigenvalue weighted by molar-refractivity contribution is 5.93. The van der Waals surface area contributed by atoms with E-state index in [-0.39, 0.29) is 18.5 Å². The summed E-state index contributed by atoms with van der Waals surface area (Å²) in [4.78, 5) is 12.4. The first-order valence-electron chi connectivity index (χ1n) is 8.71. The smallest absolute Gasteiger partial charge is 0.273 e. The number of amides is 1. The van der Waals surface area contributed by atoms with Gasteiger partial charge in [0.05, 0.1) is 17.8 Å². The summed E-state index contributed by atoms with van der Waals surface area (Å²) in [5.74, 6) is -0.302. The fraction of sp³-hybridized carbons (Fsp3) is 0.500. The first-order valence-corrected chi connectivity index (χ1v) is 8.71. The first-order chi connectivity index (χ1) is 12.1. The molecule has 1 atom stereocenters. The van der Waals surface area contributed by atoms with Gasteiger partial charge in [-0.25, -0.2) is 4.68 Å². The average Bonchev–Trinajstić information content (AvgIpc) is 3.02. The zero-order valence-corrected chi connectivity index (χ0v) is 14.7. The van der Waals surface area contributed by atoms with E-state index in [9.17, 15) is 9.90 Å². The minimum absolute atomic E-state index is 0.140. The predicted octanol–water partition coefficient (Wildman–Crippen LogP) is 1.28. The third-order valence-corrected chi connectivity index (χ3v) is 4.72. The Morgan fingerprint density at radius 2 is 2.00 bits per heavy atom. The number of carbonyl (C=O) groups excluding carboxylic acids is 1. The molecule has 0 unspecified atom stereocenters. The molecule has 0 radical (unpaired) electrons. The second-order valence-electron chi connectivity index (χ2n) is 6.59. The molecule has 7 heteroatoms. The van der Waals surface area contributed by atoms with E-state index in [1.54, 1.807) is 0 Å². The second-order valence-corrected chi connectivity index (χ2v) is 6.59. The molecule has 2 heterocycles. The number of nitrogens with zero attached hydrogens (tertiary/aromatic N) is 3. The Labute approximate surface area is 147 Å². The van der Waals surface area contributed by atoms with Gasteiger partial charge in [0.2, 0.25) is 0 Å². The number of aromatic nitrogens is 3. The van der Waals surface area contributed by atoms with E-state index < -0.39 is 6.10 Å². The third-order valence-electron chi connectivity index (χ3n) is 4.72. The van der Waals surface area contributed by atoms with Crippen molar-refractivity contribution in [1.82, 2.24) is 25.6 Å². The summed E-state index contributed by atoms with van der Waals surface area (Å²) in [6.07, 6.45) is 1.22. The van der Waals surface area contributed by atoms with E-state index in [0.29, 0.717) is 5.69 Å². The number of aryl methyl sites for hydroxylation is 1. The monoisotopic (exact) mass is 343 g/mol. The van der Waals surface area contributed by atoms with Gasteiger partial charge in [-0.3, -0.25) is 4.79 Å². The Hall–Kier alpha value is -2.25. The molecular weight excluding hydrogens is 318 g/mol. The quantitative estimate of drug-likeness (QED) is 0.761. The van der Waals surface area contributed by atoms with Gasteiger partial charge in [-0.15, -0.1) is 5.10 Å². The second kappa shape index (κ2) is 7.76. The largest absolute Gasteiger partial charge is 0.387 e. The van der Waals surface area contributed by atoms with Gasteiger partial charge < -0.3 is 15.7 Å². The number of hydrogen-bond donors (Lipinski definition) is 3. The van der Waals surface area contributed by atoms with E-state index in [2.05, 4.69) is 20.9 Å². The normalized spacial score (nSPS) is 16.6. The van der Waals surface area contributed by atoms with Crippen molar-refractivity contribution in [3.8, 4) is 0 Å². The summed E-state index contributed by atoms with van der Waals surface area (Å²) >= 11 is 0. The Morgan fingerprint density at radius 3 is 2.68 bits per heavy atom. The molecule has 7 nitrogen and oxygen atoms in total. The summed E-state index contributed by atoms with van der Waals surface area (Å²) in [6.45, 7) is 5.91. The van der Waals surface area contributed by atoms with Crippen LogP contribution in [-0.4, -0.2) is 45.6 Å². The van der Waals surface area contributed by atoms with E-state index in [0.717, 1.165) is 42.8 Å². The number of nitrogens with one attached hydrogen (secondary N) is 2. The molecule has 2 aromatic rings. The van der Waals surface area contributed by atoms with Gasteiger partial charge in [0.25, 0.3) is 5.91 Å². The molecule has 3 N–H and O–H groups in total. The number of rotatable bonds is 5. The van der Waals surface area contributed by atoms with Crippen LogP contribution in [0.4, 0.5) is 0 Å². The molecule has 25 heavy (non-hydrogen) atoms. The maximum absolute atomic E-state index is 12.4. The van der Waals surface area contributed by atoms with Crippen molar-refractivity contribution in [2.45, 2.75) is 38.8 Å². The van der Waals surface area contributed by atoms with Crippen LogP contribution >= 0.6 is 0 Å². The molecule has 1 aromatic heterocycles. The van der Waals surface area contributed by atoms with Crippen LogP contribution in [0.2, 0.25) is 0 Å². The maximum Gasteiger partial charge on any atom is 0.273 e. The molecule has 134 valence electrons. The molecular formula is C18H25N5O2. The van der Waals surface area contributed by atoms with E-state index >= 15 is 0 Å². The van der Waals surface area contributed by atoms with Crippen LogP contribution in [0.15, 0.2) is 24.3 Å². The zero-order chi connectivity index (χ0) is 17.8. The summed E-state index contributed by atoms with van der Waals surface area (Å²) in [7, 11) is 0. The van der Waals surface area contributed by atoms with Gasteiger partial charge in [-0.2, -0.15) is 0 Å². The minimum Gasteiger partial charge on any atom is -0.387 e. The van der Waals surface area contributed by atoms with Crippen molar-refractivity contribution in [3.63, 3.8) is 0 Å². The average molecular weight is 343 g/mol. The van der Waals surface area contributed by atoms with Gasteiger partial charge >= 0.3 is 0 Å². The van der Waals surface area contributed by atoms with E-state index in [1.165, 1.54) is 0 Å². The van der Waals surface area contributed by atoms with Crippen molar-refractivity contribution in [2.24, 2.45) is 0 Å². The highest BCUT2D eigenvalue weighted by Gasteiger charge is 2.23. The Kier molecular flexibility index (Phi) is 5.45. The van der Waals surface area contributed by atoms with Crippen LogP contribution in [0.1, 0.15) is 52.3 Å². The summed E-state index contributed by atoms with van der Waals surface area (Å²) < 4.78 is 1.85. The SMILES string of the molecule is Cc1ccc([C@H](O)CNC(=O)c2nnn(C3CCNCC3)c2C)cc1. The Morgan fingerprint density at radius 1 is 1.32 bits per heavy atom. The number of hydrogen-bond acceptors (Lipinski definition) is 5. The van der Waals surface area contributed by atoms with E-state index in [4.69, 9.17) is 0 Å². The number of aliphatic hydroxyl groups is 1. The Bertz CT molecular complexity index is 720. The minimum atomic E-state index is -0.746. The molecule has 1 saturated heterocycles. The van der Waals surface area contributed by atoms with E-state index in [1.807, 2.05) is 42.8 Å².